The standard InChI is InChI=1S/C13H11ClF3N3O/c1-20-11(13(15,16)17)6-10(19-20)12(21)18-7-8-4-2-3-5-9(8)14/h2-6H,7H2,1H3,(H,18,21). The Labute approximate surface area is 123 Å². The van der Waals surface area contributed by atoms with Gasteiger partial charge in [-0.2, -0.15) is 18.3 Å². The molecule has 0 unspecified atom stereocenters. The van der Waals surface area contributed by atoms with Crippen molar-refractivity contribution in [3.63, 3.8) is 0 Å². The summed E-state index contributed by atoms with van der Waals surface area (Å²) < 4.78 is 38.5. The summed E-state index contributed by atoms with van der Waals surface area (Å²) in [5.74, 6) is -0.694. The number of halogens is 4. The summed E-state index contributed by atoms with van der Waals surface area (Å²) in [4.78, 5) is 11.8. The van der Waals surface area contributed by atoms with Crippen LogP contribution in [0.3, 0.4) is 0 Å². The highest BCUT2D eigenvalue weighted by Gasteiger charge is 2.35. The molecule has 1 amide bonds. The van der Waals surface area contributed by atoms with Crippen LogP contribution in [0, 0.1) is 0 Å². The Hall–Kier alpha value is -2.02. The van der Waals surface area contributed by atoms with E-state index in [1.165, 1.54) is 0 Å². The van der Waals surface area contributed by atoms with E-state index in [-0.39, 0.29) is 12.2 Å². The molecule has 0 saturated carbocycles. The molecule has 112 valence electrons. The van der Waals surface area contributed by atoms with Crippen LogP contribution in [0.1, 0.15) is 21.7 Å². The number of aromatic nitrogens is 2. The maximum absolute atomic E-state index is 12.6. The predicted octanol–water partition coefficient (Wildman–Crippen LogP) is 3.02. The van der Waals surface area contributed by atoms with Crippen LogP contribution in [-0.2, 0) is 19.8 Å². The van der Waals surface area contributed by atoms with Gasteiger partial charge in [0.15, 0.2) is 5.69 Å². The molecule has 1 heterocycles. The van der Waals surface area contributed by atoms with Crippen molar-refractivity contribution in [2.45, 2.75) is 12.7 Å². The van der Waals surface area contributed by atoms with Crippen LogP contribution in [0.4, 0.5) is 13.2 Å². The van der Waals surface area contributed by atoms with Crippen molar-refractivity contribution < 1.29 is 18.0 Å². The molecule has 0 bridgehead atoms. The fourth-order valence-electron chi connectivity index (χ4n) is 1.75. The number of rotatable bonds is 3. The van der Waals surface area contributed by atoms with E-state index in [2.05, 4.69) is 10.4 Å². The van der Waals surface area contributed by atoms with Crippen molar-refractivity contribution in [2.75, 3.05) is 0 Å². The average Bonchev–Trinajstić information content (AvgIpc) is 2.79. The van der Waals surface area contributed by atoms with Crippen LogP contribution in [0.25, 0.3) is 0 Å². The quantitative estimate of drug-likeness (QED) is 0.946. The fourth-order valence-corrected chi connectivity index (χ4v) is 1.95. The van der Waals surface area contributed by atoms with E-state index in [1.54, 1.807) is 24.3 Å². The van der Waals surface area contributed by atoms with E-state index in [9.17, 15) is 18.0 Å². The molecule has 0 atom stereocenters. The number of amides is 1. The van der Waals surface area contributed by atoms with E-state index in [1.807, 2.05) is 0 Å². The lowest BCUT2D eigenvalue weighted by atomic mass is 10.2. The second-order valence-electron chi connectivity index (χ2n) is 4.31. The molecule has 8 heteroatoms. The number of carbonyl (C=O) groups excluding carboxylic acids is 1. The van der Waals surface area contributed by atoms with Gasteiger partial charge in [-0.1, -0.05) is 29.8 Å². The van der Waals surface area contributed by atoms with Gasteiger partial charge < -0.3 is 5.32 Å². The van der Waals surface area contributed by atoms with Gasteiger partial charge in [0.25, 0.3) is 5.91 Å². The van der Waals surface area contributed by atoms with E-state index in [0.717, 1.165) is 7.05 Å². The summed E-state index contributed by atoms with van der Waals surface area (Å²) in [6, 6.07) is 7.56. The first-order valence-electron chi connectivity index (χ1n) is 5.92. The lowest BCUT2D eigenvalue weighted by Crippen LogP contribution is -2.23. The molecule has 0 aliphatic rings. The zero-order chi connectivity index (χ0) is 15.6. The number of carbonyl (C=O) groups is 1. The smallest absolute Gasteiger partial charge is 0.347 e. The summed E-state index contributed by atoms with van der Waals surface area (Å²) in [5.41, 5.74) is -0.609. The fraction of sp³-hybridized carbons (Fsp3) is 0.231. The Balaban J connectivity index is 2.10. The van der Waals surface area contributed by atoms with E-state index in [4.69, 9.17) is 11.6 Å². The van der Waals surface area contributed by atoms with Crippen molar-refractivity contribution in [1.82, 2.24) is 15.1 Å². The summed E-state index contributed by atoms with van der Waals surface area (Å²) in [6.07, 6.45) is -4.55. The highest BCUT2D eigenvalue weighted by Crippen LogP contribution is 2.29. The van der Waals surface area contributed by atoms with Gasteiger partial charge in [-0.3, -0.25) is 9.48 Å². The summed E-state index contributed by atoms with van der Waals surface area (Å²) in [6.45, 7) is 0.108. The molecular formula is C13H11ClF3N3O. The van der Waals surface area contributed by atoms with Crippen LogP contribution in [0.5, 0.6) is 0 Å². The Morgan fingerprint density at radius 1 is 1.38 bits per heavy atom. The molecule has 0 spiro atoms. The first kappa shape index (κ1) is 15.4. The molecule has 0 fully saturated rings. The Bertz CT molecular complexity index is 667. The zero-order valence-corrected chi connectivity index (χ0v) is 11.7. The van der Waals surface area contributed by atoms with Crippen molar-refractivity contribution in [3.8, 4) is 0 Å². The number of nitrogens with zero attached hydrogens (tertiary/aromatic N) is 2. The molecule has 1 aromatic heterocycles. The van der Waals surface area contributed by atoms with Crippen LogP contribution >= 0.6 is 11.6 Å². The molecule has 0 aliphatic heterocycles. The predicted molar refractivity (Wildman–Crippen MR) is 70.8 cm³/mol. The molecule has 1 aromatic carbocycles. The maximum Gasteiger partial charge on any atom is 0.433 e. The zero-order valence-electron chi connectivity index (χ0n) is 10.9. The number of hydrogen-bond donors (Lipinski definition) is 1. The van der Waals surface area contributed by atoms with Crippen LogP contribution in [0.2, 0.25) is 5.02 Å². The molecule has 0 radical (unpaired) electrons. The molecular weight excluding hydrogens is 307 g/mol. The van der Waals surface area contributed by atoms with Crippen LogP contribution < -0.4 is 5.32 Å². The first-order chi connectivity index (χ1) is 9.79. The maximum atomic E-state index is 12.6. The second kappa shape index (κ2) is 5.77. The Kier molecular flexibility index (Phi) is 4.22. The molecule has 21 heavy (non-hydrogen) atoms. The van der Waals surface area contributed by atoms with Gasteiger partial charge in [0.05, 0.1) is 0 Å². The van der Waals surface area contributed by atoms with Crippen molar-refractivity contribution in [2.24, 2.45) is 7.05 Å². The summed E-state index contributed by atoms with van der Waals surface area (Å²) in [5, 5.41) is 6.51. The normalized spacial score (nSPS) is 11.5. The van der Waals surface area contributed by atoms with Gasteiger partial charge in [0, 0.05) is 24.7 Å². The van der Waals surface area contributed by atoms with Gasteiger partial charge in [-0.25, -0.2) is 0 Å². The van der Waals surface area contributed by atoms with Gasteiger partial charge in [0.2, 0.25) is 0 Å². The van der Waals surface area contributed by atoms with E-state index < -0.39 is 17.8 Å². The van der Waals surface area contributed by atoms with E-state index in [0.29, 0.717) is 21.3 Å². The van der Waals surface area contributed by atoms with Crippen LogP contribution in [-0.4, -0.2) is 15.7 Å². The number of benzene rings is 1. The number of hydrogen-bond acceptors (Lipinski definition) is 2. The number of nitrogens with one attached hydrogen (secondary N) is 1. The Morgan fingerprint density at radius 2 is 2.05 bits per heavy atom. The molecule has 2 aromatic rings. The first-order valence-corrected chi connectivity index (χ1v) is 6.29. The highest BCUT2D eigenvalue weighted by molar-refractivity contribution is 6.31. The Morgan fingerprint density at radius 3 is 2.62 bits per heavy atom. The van der Waals surface area contributed by atoms with Crippen molar-refractivity contribution in [1.29, 1.82) is 0 Å². The molecule has 0 aliphatic carbocycles. The largest absolute Gasteiger partial charge is 0.433 e. The van der Waals surface area contributed by atoms with Crippen LogP contribution in [0.15, 0.2) is 30.3 Å². The van der Waals surface area contributed by atoms with Gasteiger partial charge in [-0.05, 0) is 11.6 Å². The highest BCUT2D eigenvalue weighted by atomic mass is 35.5. The molecule has 2 rings (SSSR count). The monoisotopic (exact) mass is 317 g/mol. The lowest BCUT2D eigenvalue weighted by molar-refractivity contribution is -0.143. The third kappa shape index (κ3) is 3.55. The van der Waals surface area contributed by atoms with Crippen molar-refractivity contribution >= 4 is 17.5 Å². The minimum Gasteiger partial charge on any atom is -0.347 e. The summed E-state index contributed by atoms with van der Waals surface area (Å²) >= 11 is 5.92. The summed E-state index contributed by atoms with van der Waals surface area (Å²) in [7, 11) is 1.13. The molecule has 1 N–H and O–H groups in total. The van der Waals surface area contributed by atoms with Gasteiger partial charge in [-0.15, -0.1) is 0 Å². The van der Waals surface area contributed by atoms with Gasteiger partial charge in [0.1, 0.15) is 5.69 Å². The number of alkyl halides is 3. The topological polar surface area (TPSA) is 46.9 Å². The third-order valence-electron chi connectivity index (χ3n) is 2.80. The minimum absolute atomic E-state index is 0.108. The molecule has 4 nitrogen and oxygen atoms in total. The van der Waals surface area contributed by atoms with Gasteiger partial charge >= 0.3 is 6.18 Å². The average molecular weight is 318 g/mol. The third-order valence-corrected chi connectivity index (χ3v) is 3.17. The molecule has 0 saturated heterocycles. The second-order valence-corrected chi connectivity index (χ2v) is 4.72. The SMILES string of the molecule is Cn1nc(C(=O)NCc2ccccc2Cl)cc1C(F)(F)F. The van der Waals surface area contributed by atoms with Crippen molar-refractivity contribution in [3.05, 3.63) is 52.3 Å². The minimum atomic E-state index is -4.55. The van der Waals surface area contributed by atoms with E-state index >= 15 is 0 Å². The number of aryl methyl sites for hydroxylation is 1. The lowest BCUT2D eigenvalue weighted by Gasteiger charge is -2.05.